The van der Waals surface area contributed by atoms with Crippen molar-refractivity contribution in [1.29, 1.82) is 0 Å². The SMILES string of the molecule is CC(C)(C)Cc1cnc2cc(C(=O)C(C)(C)C)ccc2n1. The van der Waals surface area contributed by atoms with Crippen molar-refractivity contribution in [3.63, 3.8) is 0 Å². The van der Waals surface area contributed by atoms with Crippen LogP contribution in [0.4, 0.5) is 0 Å². The predicted molar refractivity (Wildman–Crippen MR) is 86.5 cm³/mol. The zero-order chi connectivity index (χ0) is 15.8. The average Bonchev–Trinajstić information content (AvgIpc) is 2.34. The molecule has 0 saturated heterocycles. The van der Waals surface area contributed by atoms with Crippen LogP contribution in [0.25, 0.3) is 11.0 Å². The lowest BCUT2D eigenvalue weighted by Gasteiger charge is -2.18. The number of aromatic nitrogens is 2. The molecule has 0 atom stereocenters. The molecule has 3 nitrogen and oxygen atoms in total. The summed E-state index contributed by atoms with van der Waals surface area (Å²) in [6.45, 7) is 12.3. The predicted octanol–water partition coefficient (Wildman–Crippen LogP) is 4.45. The summed E-state index contributed by atoms with van der Waals surface area (Å²) in [5.74, 6) is 0.130. The number of nitrogens with zero attached hydrogens (tertiary/aromatic N) is 2. The van der Waals surface area contributed by atoms with Crippen LogP contribution in [0.5, 0.6) is 0 Å². The molecule has 0 aliphatic carbocycles. The second kappa shape index (κ2) is 5.21. The number of fused-ring (bicyclic) bond motifs is 1. The Kier molecular flexibility index (Phi) is 3.87. The molecule has 0 aliphatic rings. The number of carbonyl (C=O) groups is 1. The van der Waals surface area contributed by atoms with Crippen molar-refractivity contribution in [1.82, 2.24) is 9.97 Å². The van der Waals surface area contributed by atoms with Gasteiger partial charge in [0, 0.05) is 17.2 Å². The Hall–Kier alpha value is -1.77. The van der Waals surface area contributed by atoms with Gasteiger partial charge in [0.05, 0.1) is 16.7 Å². The first-order chi connectivity index (χ1) is 9.56. The molecule has 0 spiro atoms. The topological polar surface area (TPSA) is 42.9 Å². The largest absolute Gasteiger partial charge is 0.294 e. The smallest absolute Gasteiger partial charge is 0.168 e. The molecule has 0 fully saturated rings. The van der Waals surface area contributed by atoms with Gasteiger partial charge in [-0.15, -0.1) is 0 Å². The maximum atomic E-state index is 12.3. The first-order valence-corrected chi connectivity index (χ1v) is 7.37. The number of rotatable bonds is 2. The highest BCUT2D eigenvalue weighted by molar-refractivity contribution is 6.01. The fourth-order valence-electron chi connectivity index (χ4n) is 2.25. The third kappa shape index (κ3) is 3.87. The van der Waals surface area contributed by atoms with E-state index in [-0.39, 0.29) is 16.6 Å². The van der Waals surface area contributed by atoms with E-state index in [9.17, 15) is 4.79 Å². The van der Waals surface area contributed by atoms with Crippen LogP contribution >= 0.6 is 0 Å². The van der Waals surface area contributed by atoms with E-state index in [1.807, 2.05) is 45.2 Å². The fraction of sp³-hybridized carbons (Fsp3) is 0.500. The van der Waals surface area contributed by atoms with Crippen molar-refractivity contribution in [2.45, 2.75) is 48.0 Å². The maximum absolute atomic E-state index is 12.3. The van der Waals surface area contributed by atoms with Crippen molar-refractivity contribution in [3.8, 4) is 0 Å². The first kappa shape index (κ1) is 15.6. The fourth-order valence-corrected chi connectivity index (χ4v) is 2.25. The van der Waals surface area contributed by atoms with Gasteiger partial charge in [-0.2, -0.15) is 0 Å². The van der Waals surface area contributed by atoms with Gasteiger partial charge >= 0.3 is 0 Å². The Labute approximate surface area is 126 Å². The number of Topliss-reactive ketones (excluding diaryl/α,β-unsaturated/α-hetero) is 1. The van der Waals surface area contributed by atoms with Gasteiger partial charge in [-0.3, -0.25) is 9.78 Å². The van der Waals surface area contributed by atoms with Crippen LogP contribution in [0.2, 0.25) is 0 Å². The summed E-state index contributed by atoms with van der Waals surface area (Å²) < 4.78 is 0. The molecule has 0 radical (unpaired) electrons. The van der Waals surface area contributed by atoms with E-state index in [0.717, 1.165) is 23.1 Å². The molecule has 0 N–H and O–H groups in total. The molecular formula is C18H24N2O. The normalized spacial score (nSPS) is 12.7. The Morgan fingerprint density at radius 1 is 1.05 bits per heavy atom. The Balaban J connectivity index is 2.38. The van der Waals surface area contributed by atoms with Crippen LogP contribution in [0.1, 0.15) is 57.6 Å². The second-order valence-electron chi connectivity index (χ2n) is 7.88. The van der Waals surface area contributed by atoms with Gasteiger partial charge < -0.3 is 0 Å². The third-order valence-electron chi connectivity index (χ3n) is 3.25. The van der Waals surface area contributed by atoms with Gasteiger partial charge in [-0.25, -0.2) is 4.98 Å². The minimum absolute atomic E-state index is 0.130. The van der Waals surface area contributed by atoms with E-state index < -0.39 is 0 Å². The Morgan fingerprint density at radius 3 is 2.29 bits per heavy atom. The Morgan fingerprint density at radius 2 is 1.71 bits per heavy atom. The van der Waals surface area contributed by atoms with E-state index in [0.29, 0.717) is 5.56 Å². The molecule has 3 heteroatoms. The van der Waals surface area contributed by atoms with Crippen molar-refractivity contribution >= 4 is 16.8 Å². The van der Waals surface area contributed by atoms with E-state index >= 15 is 0 Å². The van der Waals surface area contributed by atoms with Crippen molar-refractivity contribution in [3.05, 3.63) is 35.7 Å². The van der Waals surface area contributed by atoms with Gasteiger partial charge in [-0.1, -0.05) is 41.5 Å². The van der Waals surface area contributed by atoms with E-state index in [2.05, 4.69) is 30.7 Å². The number of benzene rings is 1. The summed E-state index contributed by atoms with van der Waals surface area (Å²) >= 11 is 0. The number of carbonyl (C=O) groups excluding carboxylic acids is 1. The van der Waals surface area contributed by atoms with Gasteiger partial charge in [0.2, 0.25) is 0 Å². The van der Waals surface area contributed by atoms with Crippen LogP contribution in [-0.4, -0.2) is 15.8 Å². The highest BCUT2D eigenvalue weighted by Crippen LogP contribution is 2.24. The van der Waals surface area contributed by atoms with E-state index in [4.69, 9.17) is 0 Å². The lowest BCUT2D eigenvalue weighted by molar-refractivity contribution is 0.0858. The molecule has 1 aromatic carbocycles. The van der Waals surface area contributed by atoms with Crippen LogP contribution in [0.15, 0.2) is 24.4 Å². The minimum Gasteiger partial charge on any atom is -0.294 e. The summed E-state index contributed by atoms with van der Waals surface area (Å²) in [6, 6.07) is 5.59. The van der Waals surface area contributed by atoms with Gasteiger partial charge in [0.1, 0.15) is 0 Å². The molecule has 1 aromatic heterocycles. The van der Waals surface area contributed by atoms with Crippen molar-refractivity contribution < 1.29 is 4.79 Å². The Bertz CT molecular complexity index is 676. The lowest BCUT2D eigenvalue weighted by atomic mass is 9.86. The summed E-state index contributed by atoms with van der Waals surface area (Å²) in [6.07, 6.45) is 2.71. The van der Waals surface area contributed by atoms with Gasteiger partial charge in [-0.05, 0) is 30.0 Å². The molecule has 21 heavy (non-hydrogen) atoms. The molecule has 0 unspecified atom stereocenters. The molecule has 1 heterocycles. The van der Waals surface area contributed by atoms with Crippen molar-refractivity contribution in [2.24, 2.45) is 10.8 Å². The standard InChI is InChI=1S/C18H24N2O/c1-17(2,3)10-13-11-19-15-9-12(7-8-14(15)20-13)16(21)18(4,5)6/h7-9,11H,10H2,1-6H3. The summed E-state index contributed by atoms with van der Waals surface area (Å²) in [5.41, 5.74) is 3.13. The van der Waals surface area contributed by atoms with E-state index in [1.165, 1.54) is 0 Å². The second-order valence-corrected chi connectivity index (χ2v) is 7.88. The number of hydrogen-bond donors (Lipinski definition) is 0. The van der Waals surface area contributed by atoms with Gasteiger partial charge in [0.15, 0.2) is 5.78 Å². The zero-order valence-electron chi connectivity index (χ0n) is 13.8. The number of ketones is 1. The summed E-state index contributed by atoms with van der Waals surface area (Å²) in [7, 11) is 0. The average molecular weight is 284 g/mol. The molecule has 0 bridgehead atoms. The number of hydrogen-bond acceptors (Lipinski definition) is 3. The minimum atomic E-state index is -0.382. The lowest BCUT2D eigenvalue weighted by Crippen LogP contribution is -2.20. The van der Waals surface area contributed by atoms with Crippen LogP contribution in [0.3, 0.4) is 0 Å². The molecule has 0 saturated carbocycles. The van der Waals surface area contributed by atoms with Crippen LogP contribution in [0, 0.1) is 10.8 Å². The first-order valence-electron chi connectivity index (χ1n) is 7.37. The van der Waals surface area contributed by atoms with Crippen molar-refractivity contribution in [2.75, 3.05) is 0 Å². The molecule has 0 amide bonds. The molecule has 112 valence electrons. The molecule has 2 aromatic rings. The zero-order valence-corrected chi connectivity index (χ0v) is 13.8. The quantitative estimate of drug-likeness (QED) is 0.765. The molecular weight excluding hydrogens is 260 g/mol. The maximum Gasteiger partial charge on any atom is 0.168 e. The summed E-state index contributed by atoms with van der Waals surface area (Å²) in [4.78, 5) is 21.4. The monoisotopic (exact) mass is 284 g/mol. The molecule has 2 rings (SSSR count). The highest BCUT2D eigenvalue weighted by Gasteiger charge is 2.23. The van der Waals surface area contributed by atoms with Crippen LogP contribution in [-0.2, 0) is 6.42 Å². The molecule has 0 aliphatic heterocycles. The summed E-state index contributed by atoms with van der Waals surface area (Å²) in [5, 5.41) is 0. The van der Waals surface area contributed by atoms with Gasteiger partial charge in [0.25, 0.3) is 0 Å². The highest BCUT2D eigenvalue weighted by atomic mass is 16.1. The van der Waals surface area contributed by atoms with Crippen LogP contribution < -0.4 is 0 Å². The van der Waals surface area contributed by atoms with E-state index in [1.54, 1.807) is 0 Å². The third-order valence-corrected chi connectivity index (χ3v) is 3.25.